The van der Waals surface area contributed by atoms with E-state index in [2.05, 4.69) is 26.6 Å². The van der Waals surface area contributed by atoms with Crippen LogP contribution in [0.5, 0.6) is 0 Å². The summed E-state index contributed by atoms with van der Waals surface area (Å²) >= 11 is 3.41. The van der Waals surface area contributed by atoms with E-state index >= 15 is 0 Å². The predicted molar refractivity (Wildman–Crippen MR) is 80.0 cm³/mol. The molecule has 19 heavy (non-hydrogen) atoms. The van der Waals surface area contributed by atoms with Crippen LogP contribution in [0.4, 0.5) is 5.69 Å². The highest BCUT2D eigenvalue weighted by atomic mass is 79.9. The van der Waals surface area contributed by atoms with E-state index in [0.29, 0.717) is 6.54 Å². The van der Waals surface area contributed by atoms with Crippen LogP contribution in [0.25, 0.3) is 0 Å². The average molecular weight is 322 g/mol. The zero-order valence-corrected chi connectivity index (χ0v) is 12.3. The number of hydrogen-bond acceptors (Lipinski definition) is 2. The van der Waals surface area contributed by atoms with E-state index in [9.17, 15) is 4.79 Å². The molecule has 100 valence electrons. The third-order valence-electron chi connectivity index (χ3n) is 2.74. The van der Waals surface area contributed by atoms with Crippen molar-refractivity contribution in [3.63, 3.8) is 0 Å². The normalized spacial score (nSPS) is 10.4. The van der Waals surface area contributed by atoms with Crippen LogP contribution in [0, 0.1) is 0 Å². The summed E-state index contributed by atoms with van der Waals surface area (Å²) in [7, 11) is 1.89. The number of halogens is 1. The van der Waals surface area contributed by atoms with Gasteiger partial charge in [0.1, 0.15) is 6.54 Å². The summed E-state index contributed by atoms with van der Waals surface area (Å²) in [5.41, 5.74) is 1.87. The van der Waals surface area contributed by atoms with Gasteiger partial charge in [-0.05, 0) is 47.2 Å². The van der Waals surface area contributed by atoms with Crippen LogP contribution in [-0.4, -0.2) is 17.5 Å². The van der Waals surface area contributed by atoms with Gasteiger partial charge in [0.25, 0.3) is 0 Å². The molecule has 1 aromatic heterocycles. The fourth-order valence-corrected chi connectivity index (χ4v) is 2.24. The lowest BCUT2D eigenvalue weighted by Gasteiger charge is -2.10. The molecule has 1 aromatic carbocycles. The molecule has 0 aliphatic heterocycles. The molecule has 0 saturated heterocycles. The lowest BCUT2D eigenvalue weighted by molar-refractivity contribution is -0.116. The van der Waals surface area contributed by atoms with Crippen LogP contribution < -0.4 is 10.6 Å². The van der Waals surface area contributed by atoms with Gasteiger partial charge >= 0.3 is 0 Å². The minimum absolute atomic E-state index is 0.0412. The van der Waals surface area contributed by atoms with Crippen molar-refractivity contribution in [1.82, 2.24) is 9.88 Å². The maximum absolute atomic E-state index is 12.0. The molecule has 0 unspecified atom stereocenters. The fraction of sp³-hybridized carbons (Fsp3) is 0.214. The van der Waals surface area contributed by atoms with Crippen molar-refractivity contribution >= 4 is 27.5 Å². The maximum atomic E-state index is 12.0. The number of rotatable bonds is 5. The van der Waals surface area contributed by atoms with Crippen LogP contribution >= 0.6 is 15.9 Å². The fourth-order valence-electron chi connectivity index (χ4n) is 1.85. The number of para-hydroxylation sites is 1. The van der Waals surface area contributed by atoms with Crippen LogP contribution in [0.3, 0.4) is 0 Å². The van der Waals surface area contributed by atoms with Crippen molar-refractivity contribution in [2.45, 2.75) is 13.1 Å². The highest BCUT2D eigenvalue weighted by Crippen LogP contribution is 2.21. The molecule has 0 aliphatic rings. The molecule has 1 heterocycles. The Morgan fingerprint density at radius 2 is 2.05 bits per heavy atom. The summed E-state index contributed by atoms with van der Waals surface area (Å²) in [5.74, 6) is -0.0412. The summed E-state index contributed by atoms with van der Waals surface area (Å²) in [6.07, 6.45) is 1.91. The molecule has 0 saturated carbocycles. The van der Waals surface area contributed by atoms with Gasteiger partial charge in [0, 0.05) is 22.9 Å². The van der Waals surface area contributed by atoms with Gasteiger partial charge in [-0.1, -0.05) is 12.1 Å². The summed E-state index contributed by atoms with van der Waals surface area (Å²) in [6, 6.07) is 11.5. The van der Waals surface area contributed by atoms with Gasteiger partial charge in [0.15, 0.2) is 0 Å². The van der Waals surface area contributed by atoms with Crippen molar-refractivity contribution in [2.24, 2.45) is 0 Å². The first kappa shape index (κ1) is 13.8. The van der Waals surface area contributed by atoms with Crippen LogP contribution in [0.1, 0.15) is 5.69 Å². The smallest absolute Gasteiger partial charge is 0.244 e. The zero-order valence-electron chi connectivity index (χ0n) is 10.7. The molecule has 2 rings (SSSR count). The molecule has 2 N–H and O–H groups in total. The first-order valence-electron chi connectivity index (χ1n) is 6.03. The van der Waals surface area contributed by atoms with Crippen LogP contribution in [0.15, 0.2) is 47.1 Å². The summed E-state index contributed by atoms with van der Waals surface area (Å²) in [6.45, 7) is 1.06. The number of anilines is 1. The van der Waals surface area contributed by atoms with Gasteiger partial charge in [-0.15, -0.1) is 0 Å². The second-order valence-electron chi connectivity index (χ2n) is 4.19. The molecule has 0 aliphatic carbocycles. The molecule has 0 bridgehead atoms. The Hall–Kier alpha value is -1.59. The largest absolute Gasteiger partial charge is 0.341 e. The van der Waals surface area contributed by atoms with Crippen molar-refractivity contribution < 1.29 is 4.79 Å². The number of carbonyl (C=O) groups is 1. The Bertz CT molecular complexity index is 565. The molecule has 2 aromatic rings. The standard InChI is InChI=1S/C14H16BrN3O/c1-16-9-11-5-4-8-18(11)10-14(19)17-13-7-3-2-6-12(13)15/h2-8,16H,9-10H2,1H3,(H,17,19). The maximum Gasteiger partial charge on any atom is 0.244 e. The number of amides is 1. The topological polar surface area (TPSA) is 46.1 Å². The van der Waals surface area contributed by atoms with E-state index in [-0.39, 0.29) is 5.91 Å². The average Bonchev–Trinajstić information content (AvgIpc) is 2.80. The van der Waals surface area contributed by atoms with Gasteiger partial charge in [0.05, 0.1) is 5.69 Å². The first-order valence-corrected chi connectivity index (χ1v) is 6.83. The Balaban J connectivity index is 2.02. The third-order valence-corrected chi connectivity index (χ3v) is 3.43. The first-order chi connectivity index (χ1) is 9.20. The Kier molecular flexibility index (Phi) is 4.76. The van der Waals surface area contributed by atoms with Gasteiger partial charge in [-0.3, -0.25) is 4.79 Å². The summed E-state index contributed by atoms with van der Waals surface area (Å²) in [4.78, 5) is 12.0. The summed E-state index contributed by atoms with van der Waals surface area (Å²) in [5, 5.41) is 5.97. The Morgan fingerprint density at radius 3 is 2.79 bits per heavy atom. The van der Waals surface area contributed by atoms with Crippen molar-refractivity contribution in [1.29, 1.82) is 0 Å². The Labute approximate surface area is 120 Å². The Morgan fingerprint density at radius 1 is 1.26 bits per heavy atom. The van der Waals surface area contributed by atoms with E-state index in [1.165, 1.54) is 0 Å². The third kappa shape index (κ3) is 3.68. The van der Waals surface area contributed by atoms with Crippen LogP contribution in [0.2, 0.25) is 0 Å². The second kappa shape index (κ2) is 6.54. The predicted octanol–water partition coefficient (Wildman–Crippen LogP) is 2.61. The van der Waals surface area contributed by atoms with Crippen LogP contribution in [-0.2, 0) is 17.9 Å². The van der Waals surface area contributed by atoms with Crippen molar-refractivity contribution in [3.8, 4) is 0 Å². The molecule has 5 heteroatoms. The number of nitrogens with one attached hydrogen (secondary N) is 2. The quantitative estimate of drug-likeness (QED) is 0.889. The van der Waals surface area contributed by atoms with Gasteiger partial charge in [-0.25, -0.2) is 0 Å². The second-order valence-corrected chi connectivity index (χ2v) is 5.04. The lowest BCUT2D eigenvalue weighted by atomic mass is 10.3. The van der Waals surface area contributed by atoms with E-state index in [0.717, 1.165) is 22.4 Å². The number of nitrogens with zero attached hydrogens (tertiary/aromatic N) is 1. The molecule has 0 radical (unpaired) electrons. The number of aromatic nitrogens is 1. The monoisotopic (exact) mass is 321 g/mol. The van der Waals surface area contributed by atoms with E-state index < -0.39 is 0 Å². The molecule has 0 spiro atoms. The van der Waals surface area contributed by atoms with E-state index in [4.69, 9.17) is 0 Å². The van der Waals surface area contributed by atoms with E-state index in [1.54, 1.807) is 0 Å². The molecule has 1 amide bonds. The minimum Gasteiger partial charge on any atom is -0.341 e. The molecule has 4 nitrogen and oxygen atoms in total. The number of hydrogen-bond donors (Lipinski definition) is 2. The van der Waals surface area contributed by atoms with Crippen molar-refractivity contribution in [3.05, 3.63) is 52.8 Å². The van der Waals surface area contributed by atoms with E-state index in [1.807, 2.05) is 54.2 Å². The molecule has 0 fully saturated rings. The molecular weight excluding hydrogens is 306 g/mol. The summed E-state index contributed by atoms with van der Waals surface area (Å²) < 4.78 is 2.81. The SMILES string of the molecule is CNCc1cccn1CC(=O)Nc1ccccc1Br. The van der Waals surface area contributed by atoms with Gasteiger partial charge in [0.2, 0.25) is 5.91 Å². The van der Waals surface area contributed by atoms with Gasteiger partial charge in [-0.2, -0.15) is 0 Å². The highest BCUT2D eigenvalue weighted by molar-refractivity contribution is 9.10. The van der Waals surface area contributed by atoms with Crippen molar-refractivity contribution in [2.75, 3.05) is 12.4 Å². The number of benzene rings is 1. The molecular formula is C14H16BrN3O. The number of carbonyl (C=O) groups excluding carboxylic acids is 1. The molecule has 0 atom stereocenters. The minimum atomic E-state index is -0.0412. The highest BCUT2D eigenvalue weighted by Gasteiger charge is 2.07. The van der Waals surface area contributed by atoms with Gasteiger partial charge < -0.3 is 15.2 Å². The lowest BCUT2D eigenvalue weighted by Crippen LogP contribution is -2.21. The zero-order chi connectivity index (χ0) is 13.7.